The van der Waals surface area contributed by atoms with Crippen LogP contribution in [0.25, 0.3) is 5.69 Å². The molecule has 1 aromatic heterocycles. The third-order valence-electron chi connectivity index (χ3n) is 3.85. The molecule has 0 radical (unpaired) electrons. The molecular weight excluding hydrogens is 341 g/mol. The maximum absolute atomic E-state index is 14.0. The van der Waals surface area contributed by atoms with Crippen molar-refractivity contribution >= 4 is 11.9 Å². The van der Waals surface area contributed by atoms with Crippen molar-refractivity contribution in [3.8, 4) is 5.69 Å². The maximum Gasteiger partial charge on any atom is 0.326 e. The predicted molar refractivity (Wildman–Crippen MR) is 92.9 cm³/mol. The van der Waals surface area contributed by atoms with Crippen LogP contribution in [0.4, 0.5) is 4.39 Å². The van der Waals surface area contributed by atoms with E-state index < -0.39 is 34.9 Å². The number of hydrogen-bond acceptors (Lipinski definition) is 4. The first-order valence-electron chi connectivity index (χ1n) is 8.24. The van der Waals surface area contributed by atoms with Crippen LogP contribution in [0.3, 0.4) is 0 Å². The minimum absolute atomic E-state index is 0.0832. The molecule has 1 atom stereocenters. The van der Waals surface area contributed by atoms with Gasteiger partial charge in [-0.1, -0.05) is 31.9 Å². The van der Waals surface area contributed by atoms with Crippen molar-refractivity contribution in [2.45, 2.75) is 39.2 Å². The van der Waals surface area contributed by atoms with E-state index >= 15 is 0 Å². The number of carboxylic acids is 1. The zero-order valence-electron chi connectivity index (χ0n) is 14.5. The Kier molecular flexibility index (Phi) is 6.21. The number of amides is 1. The van der Waals surface area contributed by atoms with Crippen molar-refractivity contribution < 1.29 is 19.1 Å². The van der Waals surface area contributed by atoms with Crippen molar-refractivity contribution in [3.05, 3.63) is 57.8 Å². The summed E-state index contributed by atoms with van der Waals surface area (Å²) in [5.41, 5.74) is -0.717. The Bertz CT molecular complexity index is 879. The molecule has 138 valence electrons. The molecule has 1 unspecified atom stereocenters. The van der Waals surface area contributed by atoms with Crippen LogP contribution in [-0.2, 0) is 4.79 Å². The van der Waals surface area contributed by atoms with Gasteiger partial charge in [0, 0.05) is 11.8 Å². The van der Waals surface area contributed by atoms with E-state index in [0.29, 0.717) is 12.1 Å². The van der Waals surface area contributed by atoms with Crippen LogP contribution in [0.1, 0.15) is 42.4 Å². The van der Waals surface area contributed by atoms with Gasteiger partial charge < -0.3 is 10.4 Å². The molecular formula is C18H20FN3O4. The molecule has 0 aliphatic heterocycles. The average Bonchev–Trinajstić information content (AvgIpc) is 2.59. The lowest BCUT2D eigenvalue weighted by atomic mass is 10.1. The van der Waals surface area contributed by atoms with Gasteiger partial charge >= 0.3 is 5.97 Å². The Balaban J connectivity index is 2.39. The van der Waals surface area contributed by atoms with E-state index in [2.05, 4.69) is 10.4 Å². The molecule has 8 heteroatoms. The van der Waals surface area contributed by atoms with Gasteiger partial charge in [-0.3, -0.25) is 9.59 Å². The highest BCUT2D eigenvalue weighted by molar-refractivity contribution is 5.94. The number of aliphatic carboxylic acids is 1. The molecule has 2 N–H and O–H groups in total. The van der Waals surface area contributed by atoms with Crippen LogP contribution in [0, 0.1) is 12.7 Å². The lowest BCUT2D eigenvalue weighted by Gasteiger charge is -2.15. The number of unbranched alkanes of at least 4 members (excludes halogenated alkanes) is 1. The Hall–Kier alpha value is -3.03. The molecule has 0 spiro atoms. The third-order valence-corrected chi connectivity index (χ3v) is 3.85. The number of carbonyl (C=O) groups excluding carboxylic acids is 1. The number of benzene rings is 1. The molecule has 0 saturated carbocycles. The maximum atomic E-state index is 14.0. The molecule has 0 saturated heterocycles. The fourth-order valence-electron chi connectivity index (χ4n) is 2.46. The van der Waals surface area contributed by atoms with Gasteiger partial charge in [0.1, 0.15) is 17.5 Å². The van der Waals surface area contributed by atoms with E-state index in [0.717, 1.165) is 17.2 Å². The largest absolute Gasteiger partial charge is 0.480 e. The summed E-state index contributed by atoms with van der Waals surface area (Å²) in [5, 5.41) is 15.5. The summed E-state index contributed by atoms with van der Waals surface area (Å²) in [6, 6.07) is 5.85. The number of nitrogens with one attached hydrogen (secondary N) is 1. The highest BCUT2D eigenvalue weighted by Crippen LogP contribution is 2.13. The Labute approximate surface area is 149 Å². The van der Waals surface area contributed by atoms with E-state index in [1.165, 1.54) is 18.2 Å². The quantitative estimate of drug-likeness (QED) is 0.786. The van der Waals surface area contributed by atoms with Crippen LogP contribution in [-0.4, -0.2) is 32.8 Å². The monoisotopic (exact) mass is 361 g/mol. The minimum Gasteiger partial charge on any atom is -0.480 e. The van der Waals surface area contributed by atoms with E-state index in [9.17, 15) is 23.9 Å². The number of hydrogen-bond donors (Lipinski definition) is 2. The molecule has 2 aromatic rings. The first-order chi connectivity index (χ1) is 12.3. The van der Waals surface area contributed by atoms with E-state index in [-0.39, 0.29) is 12.1 Å². The number of para-hydroxylation sites is 1. The molecule has 1 heterocycles. The number of aryl methyl sites for hydroxylation is 1. The lowest BCUT2D eigenvalue weighted by Crippen LogP contribution is -2.43. The molecule has 7 nitrogen and oxygen atoms in total. The van der Waals surface area contributed by atoms with Crippen LogP contribution >= 0.6 is 0 Å². The molecule has 0 bridgehead atoms. The summed E-state index contributed by atoms with van der Waals surface area (Å²) in [7, 11) is 0. The second-order valence-corrected chi connectivity index (χ2v) is 5.87. The number of carboxylic acid groups (broad SMARTS) is 1. The Morgan fingerprint density at radius 3 is 2.65 bits per heavy atom. The van der Waals surface area contributed by atoms with Gasteiger partial charge in [-0.2, -0.15) is 5.10 Å². The number of carbonyl (C=O) groups is 2. The highest BCUT2D eigenvalue weighted by atomic mass is 19.1. The predicted octanol–water partition coefficient (Wildman–Crippen LogP) is 2.05. The van der Waals surface area contributed by atoms with Gasteiger partial charge in [0.15, 0.2) is 5.69 Å². The van der Waals surface area contributed by atoms with Gasteiger partial charge in [0.05, 0.1) is 0 Å². The van der Waals surface area contributed by atoms with Crippen molar-refractivity contribution in [1.82, 2.24) is 15.1 Å². The number of nitrogens with zero attached hydrogens (tertiary/aromatic N) is 2. The fraction of sp³-hybridized carbons (Fsp3) is 0.333. The Morgan fingerprint density at radius 1 is 1.35 bits per heavy atom. The van der Waals surface area contributed by atoms with Crippen LogP contribution in [0.15, 0.2) is 35.1 Å². The smallest absolute Gasteiger partial charge is 0.326 e. The van der Waals surface area contributed by atoms with Gasteiger partial charge in [0.2, 0.25) is 5.43 Å². The second-order valence-electron chi connectivity index (χ2n) is 5.87. The van der Waals surface area contributed by atoms with E-state index in [1.54, 1.807) is 13.0 Å². The van der Waals surface area contributed by atoms with Crippen LogP contribution in [0.2, 0.25) is 0 Å². The standard InChI is InChI=1S/C18H20FN3O4/c1-3-4-8-13(18(25)26)20-17(24)16-15(23)10-11(2)22(21-16)14-9-6-5-7-12(14)19/h5-7,9-10,13H,3-4,8H2,1-2H3,(H,20,24)(H,25,26). The van der Waals surface area contributed by atoms with E-state index in [4.69, 9.17) is 0 Å². The zero-order valence-corrected chi connectivity index (χ0v) is 14.5. The molecule has 1 aromatic carbocycles. The van der Waals surface area contributed by atoms with Gasteiger partial charge in [-0.05, 0) is 25.5 Å². The number of aromatic nitrogens is 2. The molecule has 0 fully saturated rings. The molecule has 0 aliphatic rings. The topological polar surface area (TPSA) is 101 Å². The summed E-state index contributed by atoms with van der Waals surface area (Å²) < 4.78 is 15.2. The lowest BCUT2D eigenvalue weighted by molar-refractivity contribution is -0.139. The summed E-state index contributed by atoms with van der Waals surface area (Å²) in [6.07, 6.45) is 1.62. The van der Waals surface area contributed by atoms with E-state index in [1.807, 2.05) is 6.92 Å². The highest BCUT2D eigenvalue weighted by Gasteiger charge is 2.23. The van der Waals surface area contributed by atoms with Gasteiger partial charge in [-0.15, -0.1) is 0 Å². The molecule has 2 rings (SSSR count). The SMILES string of the molecule is CCCCC(NC(=O)c1nn(-c2ccccc2F)c(C)cc1=O)C(=O)O. The van der Waals surface area contributed by atoms with Gasteiger partial charge in [0.25, 0.3) is 5.91 Å². The first-order valence-corrected chi connectivity index (χ1v) is 8.24. The van der Waals surface area contributed by atoms with Crippen molar-refractivity contribution in [2.75, 3.05) is 0 Å². The molecule has 0 aliphatic carbocycles. The summed E-state index contributed by atoms with van der Waals surface area (Å²) in [4.78, 5) is 35.8. The van der Waals surface area contributed by atoms with Crippen LogP contribution in [0.5, 0.6) is 0 Å². The van der Waals surface area contributed by atoms with Crippen LogP contribution < -0.4 is 10.7 Å². The molecule has 26 heavy (non-hydrogen) atoms. The summed E-state index contributed by atoms with van der Waals surface area (Å²) in [5.74, 6) is -2.65. The van der Waals surface area contributed by atoms with Gasteiger partial charge in [-0.25, -0.2) is 13.9 Å². The number of halogens is 1. The summed E-state index contributed by atoms with van der Waals surface area (Å²) in [6.45, 7) is 3.46. The second kappa shape index (κ2) is 8.37. The fourth-order valence-corrected chi connectivity index (χ4v) is 2.46. The third kappa shape index (κ3) is 4.33. The van der Waals surface area contributed by atoms with Crippen molar-refractivity contribution in [2.24, 2.45) is 0 Å². The average molecular weight is 361 g/mol. The first kappa shape index (κ1) is 19.3. The molecule has 1 amide bonds. The zero-order chi connectivity index (χ0) is 19.3. The van der Waals surface area contributed by atoms with Crippen molar-refractivity contribution in [3.63, 3.8) is 0 Å². The number of rotatable bonds is 7. The normalized spacial score (nSPS) is 11.8. The minimum atomic E-state index is -1.19. The van der Waals surface area contributed by atoms with Crippen molar-refractivity contribution in [1.29, 1.82) is 0 Å². The Morgan fingerprint density at radius 2 is 2.04 bits per heavy atom. The summed E-state index contributed by atoms with van der Waals surface area (Å²) >= 11 is 0.